The van der Waals surface area contributed by atoms with Crippen molar-refractivity contribution in [3.63, 3.8) is 0 Å². The minimum atomic E-state index is -1.09. The number of halogens is 1. The average Bonchev–Trinajstić information content (AvgIpc) is 2.14. The molecule has 0 saturated heterocycles. The molecule has 0 aliphatic rings. The number of nitrogens with zero attached hydrogens (tertiary/aromatic N) is 1. The zero-order valence-corrected chi connectivity index (χ0v) is 10.3. The lowest BCUT2D eigenvalue weighted by Gasteiger charge is -2.10. The first-order valence-corrected chi connectivity index (χ1v) is 5.25. The zero-order valence-electron chi connectivity index (χ0n) is 9.53. The maximum Gasteiger partial charge on any atom is 0.335 e. The topological polar surface area (TPSA) is 69.6 Å². The Hall–Kier alpha value is -1.59. The lowest BCUT2D eigenvalue weighted by Crippen LogP contribution is -2.27. The second-order valence-electron chi connectivity index (χ2n) is 3.82. The number of carboxylic acids is 1. The molecule has 1 rings (SSSR count). The van der Waals surface area contributed by atoms with Crippen LogP contribution < -0.4 is 5.32 Å². The van der Waals surface area contributed by atoms with Gasteiger partial charge < -0.3 is 15.3 Å². The molecule has 92 valence electrons. The van der Waals surface area contributed by atoms with Crippen LogP contribution in [0.1, 0.15) is 10.4 Å². The summed E-state index contributed by atoms with van der Waals surface area (Å²) < 4.78 is 0. The van der Waals surface area contributed by atoms with Gasteiger partial charge in [-0.1, -0.05) is 11.6 Å². The molecular formula is C11H13ClN2O3. The number of aromatic carboxylic acids is 1. The van der Waals surface area contributed by atoms with Gasteiger partial charge in [-0.3, -0.25) is 4.79 Å². The van der Waals surface area contributed by atoms with Crippen LogP contribution in [0.2, 0.25) is 5.02 Å². The van der Waals surface area contributed by atoms with Gasteiger partial charge in [0.25, 0.3) is 0 Å². The van der Waals surface area contributed by atoms with Gasteiger partial charge >= 0.3 is 5.97 Å². The first-order chi connectivity index (χ1) is 7.88. The SMILES string of the molecule is CN(C)CC(=O)Nc1cc(Cl)cc(C(=O)O)c1. The predicted molar refractivity (Wildman–Crippen MR) is 65.6 cm³/mol. The Kier molecular flexibility index (Phi) is 4.48. The average molecular weight is 257 g/mol. The molecule has 0 aliphatic heterocycles. The van der Waals surface area contributed by atoms with Crippen LogP contribution in [-0.4, -0.2) is 42.5 Å². The van der Waals surface area contributed by atoms with Crippen LogP contribution in [0.25, 0.3) is 0 Å². The van der Waals surface area contributed by atoms with Crippen molar-refractivity contribution in [1.82, 2.24) is 4.90 Å². The van der Waals surface area contributed by atoms with Crippen molar-refractivity contribution >= 4 is 29.2 Å². The highest BCUT2D eigenvalue weighted by Crippen LogP contribution is 2.19. The Bertz CT molecular complexity index is 446. The standard InChI is InChI=1S/C11H13ClN2O3/c1-14(2)6-10(15)13-9-4-7(11(16)17)3-8(12)5-9/h3-5H,6H2,1-2H3,(H,13,15)(H,16,17). The first kappa shape index (κ1) is 13.5. The Morgan fingerprint density at radius 3 is 2.53 bits per heavy atom. The fourth-order valence-corrected chi connectivity index (χ4v) is 1.51. The highest BCUT2D eigenvalue weighted by molar-refractivity contribution is 6.31. The van der Waals surface area contributed by atoms with Crippen LogP contribution in [0.5, 0.6) is 0 Å². The Labute approximate surface area is 104 Å². The second-order valence-corrected chi connectivity index (χ2v) is 4.26. The molecule has 0 saturated carbocycles. The first-order valence-electron chi connectivity index (χ1n) is 4.87. The summed E-state index contributed by atoms with van der Waals surface area (Å²) in [4.78, 5) is 24.0. The number of amides is 1. The zero-order chi connectivity index (χ0) is 13.0. The Morgan fingerprint density at radius 1 is 1.35 bits per heavy atom. The van der Waals surface area contributed by atoms with Gasteiger partial charge in [-0.05, 0) is 32.3 Å². The van der Waals surface area contributed by atoms with Gasteiger partial charge in [0.05, 0.1) is 12.1 Å². The lowest BCUT2D eigenvalue weighted by atomic mass is 10.2. The van der Waals surface area contributed by atoms with Crippen LogP contribution >= 0.6 is 11.6 Å². The summed E-state index contributed by atoms with van der Waals surface area (Å²) in [6.07, 6.45) is 0. The highest BCUT2D eigenvalue weighted by atomic mass is 35.5. The number of hydrogen-bond donors (Lipinski definition) is 2. The van der Waals surface area contributed by atoms with Crippen LogP contribution in [-0.2, 0) is 4.79 Å². The smallest absolute Gasteiger partial charge is 0.335 e. The fraction of sp³-hybridized carbons (Fsp3) is 0.273. The maximum absolute atomic E-state index is 11.5. The van der Waals surface area contributed by atoms with Crippen LogP contribution in [0.15, 0.2) is 18.2 Å². The Balaban J connectivity index is 2.84. The van der Waals surface area contributed by atoms with Gasteiger partial charge in [0, 0.05) is 10.7 Å². The van der Waals surface area contributed by atoms with Crippen molar-refractivity contribution in [2.75, 3.05) is 26.0 Å². The number of rotatable bonds is 4. The van der Waals surface area contributed by atoms with Gasteiger partial charge in [0.2, 0.25) is 5.91 Å². The van der Waals surface area contributed by atoms with Gasteiger partial charge in [-0.15, -0.1) is 0 Å². The molecule has 0 spiro atoms. The van der Waals surface area contributed by atoms with Crippen molar-refractivity contribution < 1.29 is 14.7 Å². The number of anilines is 1. The number of nitrogens with one attached hydrogen (secondary N) is 1. The Morgan fingerprint density at radius 2 is 2.00 bits per heavy atom. The van der Waals surface area contributed by atoms with E-state index in [4.69, 9.17) is 16.7 Å². The summed E-state index contributed by atoms with van der Waals surface area (Å²) >= 11 is 5.76. The molecule has 1 amide bonds. The van der Waals surface area contributed by atoms with Crippen LogP contribution in [0.4, 0.5) is 5.69 Å². The molecule has 17 heavy (non-hydrogen) atoms. The molecular weight excluding hydrogens is 244 g/mol. The molecule has 0 unspecified atom stereocenters. The van der Waals surface area contributed by atoms with Crippen molar-refractivity contribution in [3.05, 3.63) is 28.8 Å². The van der Waals surface area contributed by atoms with Gasteiger partial charge in [-0.25, -0.2) is 4.79 Å². The number of carbonyl (C=O) groups is 2. The maximum atomic E-state index is 11.5. The molecule has 6 heteroatoms. The molecule has 0 aliphatic carbocycles. The molecule has 0 radical (unpaired) electrons. The van der Waals surface area contributed by atoms with E-state index in [-0.39, 0.29) is 23.0 Å². The van der Waals surface area contributed by atoms with Crippen LogP contribution in [0, 0.1) is 0 Å². The summed E-state index contributed by atoms with van der Waals surface area (Å²) in [5, 5.41) is 11.7. The quantitative estimate of drug-likeness (QED) is 0.857. The molecule has 0 fully saturated rings. The largest absolute Gasteiger partial charge is 0.478 e. The van der Waals surface area contributed by atoms with Crippen molar-refractivity contribution in [1.29, 1.82) is 0 Å². The van der Waals surface area contributed by atoms with E-state index >= 15 is 0 Å². The van der Waals surface area contributed by atoms with E-state index in [1.54, 1.807) is 19.0 Å². The van der Waals surface area contributed by atoms with E-state index in [0.29, 0.717) is 5.69 Å². The predicted octanol–water partition coefficient (Wildman–Crippen LogP) is 1.54. The van der Waals surface area contributed by atoms with E-state index in [1.807, 2.05) is 0 Å². The molecule has 0 atom stereocenters. The van der Waals surface area contributed by atoms with Gasteiger partial charge in [0.1, 0.15) is 0 Å². The molecule has 5 nitrogen and oxygen atoms in total. The lowest BCUT2D eigenvalue weighted by molar-refractivity contribution is -0.116. The molecule has 1 aromatic carbocycles. The van der Waals surface area contributed by atoms with E-state index in [2.05, 4.69) is 5.32 Å². The van der Waals surface area contributed by atoms with E-state index in [0.717, 1.165) is 0 Å². The molecule has 1 aromatic rings. The number of benzene rings is 1. The number of carboxylic acid groups (broad SMARTS) is 1. The molecule has 2 N–H and O–H groups in total. The van der Waals surface area contributed by atoms with E-state index in [1.165, 1.54) is 18.2 Å². The summed E-state index contributed by atoms with van der Waals surface area (Å²) in [6.45, 7) is 0.217. The third kappa shape index (κ3) is 4.42. The van der Waals surface area contributed by atoms with Crippen molar-refractivity contribution in [2.24, 2.45) is 0 Å². The summed E-state index contributed by atoms with van der Waals surface area (Å²) in [5.41, 5.74) is 0.416. The molecule has 0 bridgehead atoms. The van der Waals surface area contributed by atoms with E-state index in [9.17, 15) is 9.59 Å². The van der Waals surface area contributed by atoms with Gasteiger partial charge in [0.15, 0.2) is 0 Å². The normalized spacial score (nSPS) is 10.4. The highest BCUT2D eigenvalue weighted by Gasteiger charge is 2.09. The molecule has 0 heterocycles. The van der Waals surface area contributed by atoms with Crippen molar-refractivity contribution in [2.45, 2.75) is 0 Å². The number of likely N-dealkylation sites (N-methyl/N-ethyl adjacent to an activating group) is 1. The fourth-order valence-electron chi connectivity index (χ4n) is 1.27. The van der Waals surface area contributed by atoms with Crippen molar-refractivity contribution in [3.8, 4) is 0 Å². The number of hydrogen-bond acceptors (Lipinski definition) is 3. The molecule has 0 aromatic heterocycles. The van der Waals surface area contributed by atoms with E-state index < -0.39 is 5.97 Å². The third-order valence-electron chi connectivity index (χ3n) is 1.89. The minimum Gasteiger partial charge on any atom is -0.478 e. The summed E-state index contributed by atoms with van der Waals surface area (Å²) in [6, 6.07) is 4.19. The monoisotopic (exact) mass is 256 g/mol. The van der Waals surface area contributed by atoms with Crippen LogP contribution in [0.3, 0.4) is 0 Å². The number of carbonyl (C=O) groups excluding carboxylic acids is 1. The second kappa shape index (κ2) is 5.65. The summed E-state index contributed by atoms with van der Waals surface area (Å²) in [7, 11) is 3.53. The minimum absolute atomic E-state index is 0.0395. The summed E-state index contributed by atoms with van der Waals surface area (Å²) in [5.74, 6) is -1.32. The third-order valence-corrected chi connectivity index (χ3v) is 2.11. The van der Waals surface area contributed by atoms with Gasteiger partial charge in [-0.2, -0.15) is 0 Å².